The number of hydrogen-bond acceptors (Lipinski definition) is 3. The summed E-state index contributed by atoms with van der Waals surface area (Å²) in [4.78, 5) is 16.9. The first-order valence-corrected chi connectivity index (χ1v) is 5.39. The molecule has 1 heterocycles. The van der Waals surface area contributed by atoms with Crippen LogP contribution in [0, 0.1) is 25.2 Å². The van der Waals surface area contributed by atoms with Gasteiger partial charge < -0.3 is 10.0 Å². The minimum absolute atomic E-state index is 0.357. The second-order valence-corrected chi connectivity index (χ2v) is 3.97. The highest BCUT2D eigenvalue weighted by Gasteiger charge is 2.17. The second-order valence-electron chi connectivity index (χ2n) is 3.97. The Morgan fingerprint density at radius 2 is 2.41 bits per heavy atom. The Hall–Kier alpha value is -2.02. The zero-order valence-corrected chi connectivity index (χ0v) is 10.1. The van der Waals surface area contributed by atoms with Crippen LogP contribution in [0.2, 0.25) is 0 Å². The van der Waals surface area contributed by atoms with E-state index >= 15 is 0 Å². The van der Waals surface area contributed by atoms with Gasteiger partial charge in [0.15, 0.2) is 0 Å². The predicted octanol–water partition coefficient (Wildman–Crippen LogP) is 1.55. The first kappa shape index (κ1) is 13.0. The average molecular weight is 232 g/mol. The number of nitrogens with zero attached hydrogens (tertiary/aromatic N) is 2. The van der Waals surface area contributed by atoms with Crippen molar-refractivity contribution in [1.29, 1.82) is 0 Å². The summed E-state index contributed by atoms with van der Waals surface area (Å²) in [5, 5.41) is 8.92. The average Bonchev–Trinajstić information content (AvgIpc) is 2.29. The number of anilines is 1. The number of pyridine rings is 1. The van der Waals surface area contributed by atoms with Crippen molar-refractivity contribution in [2.75, 3.05) is 18.0 Å². The lowest BCUT2D eigenvalue weighted by atomic mass is 10.1. The van der Waals surface area contributed by atoms with E-state index < -0.39 is 11.9 Å². The number of terminal acetylenes is 1. The van der Waals surface area contributed by atoms with Gasteiger partial charge in [0, 0.05) is 12.7 Å². The van der Waals surface area contributed by atoms with Crippen LogP contribution in [0.4, 0.5) is 5.82 Å². The van der Waals surface area contributed by atoms with Gasteiger partial charge in [-0.15, -0.1) is 6.42 Å². The number of rotatable bonds is 5. The molecule has 0 aromatic carbocycles. The van der Waals surface area contributed by atoms with Crippen molar-refractivity contribution < 1.29 is 9.90 Å². The van der Waals surface area contributed by atoms with Crippen molar-refractivity contribution in [2.24, 2.45) is 5.92 Å². The van der Waals surface area contributed by atoms with Crippen molar-refractivity contribution >= 4 is 11.8 Å². The van der Waals surface area contributed by atoms with E-state index in [0.29, 0.717) is 13.1 Å². The molecule has 0 spiro atoms. The molecule has 0 fully saturated rings. The summed E-state index contributed by atoms with van der Waals surface area (Å²) in [5.41, 5.74) is 0.986. The number of carboxylic acids is 1. The Kier molecular flexibility index (Phi) is 4.53. The van der Waals surface area contributed by atoms with Crippen LogP contribution in [0.25, 0.3) is 0 Å². The largest absolute Gasteiger partial charge is 0.481 e. The predicted molar refractivity (Wildman–Crippen MR) is 66.8 cm³/mol. The number of aliphatic carboxylic acids is 1. The molecule has 1 aromatic rings. The third-order valence-corrected chi connectivity index (χ3v) is 2.48. The third-order valence-electron chi connectivity index (χ3n) is 2.48. The molecule has 1 atom stereocenters. The van der Waals surface area contributed by atoms with Crippen LogP contribution < -0.4 is 4.90 Å². The summed E-state index contributed by atoms with van der Waals surface area (Å²) >= 11 is 0. The molecule has 1 unspecified atom stereocenters. The summed E-state index contributed by atoms with van der Waals surface area (Å²) in [6.45, 7) is 4.30. The zero-order valence-electron chi connectivity index (χ0n) is 10.1. The van der Waals surface area contributed by atoms with Crippen LogP contribution in [0.3, 0.4) is 0 Å². The molecule has 4 nitrogen and oxygen atoms in total. The van der Waals surface area contributed by atoms with Gasteiger partial charge in [0.25, 0.3) is 0 Å². The summed E-state index contributed by atoms with van der Waals surface area (Å²) in [6, 6.07) is 3.77. The molecular formula is C13H16N2O2. The third kappa shape index (κ3) is 3.49. The highest BCUT2D eigenvalue weighted by molar-refractivity contribution is 5.70. The van der Waals surface area contributed by atoms with Crippen LogP contribution in [0.1, 0.15) is 12.5 Å². The van der Waals surface area contributed by atoms with E-state index in [4.69, 9.17) is 11.5 Å². The molecule has 0 amide bonds. The van der Waals surface area contributed by atoms with Crippen LogP contribution in [-0.4, -0.2) is 29.1 Å². The van der Waals surface area contributed by atoms with Crippen LogP contribution >= 0.6 is 0 Å². The van der Waals surface area contributed by atoms with Gasteiger partial charge in [0.05, 0.1) is 12.5 Å². The van der Waals surface area contributed by atoms with E-state index in [0.717, 1.165) is 11.4 Å². The molecule has 0 bridgehead atoms. The quantitative estimate of drug-likeness (QED) is 0.783. The summed E-state index contributed by atoms with van der Waals surface area (Å²) in [5.74, 6) is 1.96. The molecule has 0 saturated carbocycles. The number of aromatic nitrogens is 1. The molecule has 17 heavy (non-hydrogen) atoms. The first-order chi connectivity index (χ1) is 8.06. The topological polar surface area (TPSA) is 53.4 Å². The van der Waals surface area contributed by atoms with Crippen LogP contribution in [-0.2, 0) is 4.79 Å². The molecular weight excluding hydrogens is 216 g/mol. The van der Waals surface area contributed by atoms with Crippen LogP contribution in [0.5, 0.6) is 0 Å². The standard InChI is InChI=1S/C13H16N2O2/c1-4-8-15(9-11(3)13(16)17)12-10(2)6-5-7-14-12/h1,5-7,11H,8-9H2,2-3H3,(H,16,17). The minimum Gasteiger partial charge on any atom is -0.481 e. The number of aryl methyl sites for hydroxylation is 1. The SMILES string of the molecule is C#CCN(CC(C)C(=O)O)c1ncccc1C. The maximum Gasteiger partial charge on any atom is 0.308 e. The Morgan fingerprint density at radius 1 is 1.71 bits per heavy atom. The summed E-state index contributed by atoms with van der Waals surface area (Å²) < 4.78 is 0. The molecule has 0 aliphatic carbocycles. The Bertz CT molecular complexity index is 437. The van der Waals surface area contributed by atoms with Crippen LogP contribution in [0.15, 0.2) is 18.3 Å². The van der Waals surface area contributed by atoms with Gasteiger partial charge in [-0.25, -0.2) is 4.98 Å². The molecule has 1 N–H and O–H groups in total. The minimum atomic E-state index is -0.833. The van der Waals surface area contributed by atoms with E-state index in [9.17, 15) is 4.79 Å². The molecule has 0 radical (unpaired) electrons. The molecule has 1 rings (SSSR count). The number of hydrogen-bond donors (Lipinski definition) is 1. The summed E-state index contributed by atoms with van der Waals surface area (Å²) in [7, 11) is 0. The fraction of sp³-hybridized carbons (Fsp3) is 0.385. The second kappa shape index (κ2) is 5.90. The van der Waals surface area contributed by atoms with Crippen molar-refractivity contribution in [1.82, 2.24) is 4.98 Å². The lowest BCUT2D eigenvalue weighted by Crippen LogP contribution is -2.33. The number of carboxylic acid groups (broad SMARTS) is 1. The lowest BCUT2D eigenvalue weighted by Gasteiger charge is -2.24. The molecule has 0 aliphatic heterocycles. The monoisotopic (exact) mass is 232 g/mol. The maximum atomic E-state index is 10.9. The van der Waals surface area contributed by atoms with Gasteiger partial charge in [-0.3, -0.25) is 4.79 Å². The van der Waals surface area contributed by atoms with Gasteiger partial charge in [0.2, 0.25) is 0 Å². The fourth-order valence-corrected chi connectivity index (χ4v) is 1.55. The van der Waals surface area contributed by atoms with Gasteiger partial charge in [-0.05, 0) is 18.6 Å². The highest BCUT2D eigenvalue weighted by atomic mass is 16.4. The Labute approximate surface area is 101 Å². The van der Waals surface area contributed by atoms with E-state index in [1.54, 1.807) is 13.1 Å². The van der Waals surface area contributed by atoms with E-state index in [1.165, 1.54) is 0 Å². The molecule has 0 aliphatic rings. The Morgan fingerprint density at radius 3 is 2.94 bits per heavy atom. The highest BCUT2D eigenvalue weighted by Crippen LogP contribution is 2.17. The summed E-state index contributed by atoms with van der Waals surface area (Å²) in [6.07, 6.45) is 6.98. The number of carbonyl (C=O) groups is 1. The van der Waals surface area contributed by atoms with Gasteiger partial charge in [0.1, 0.15) is 5.82 Å². The smallest absolute Gasteiger partial charge is 0.308 e. The zero-order chi connectivity index (χ0) is 12.8. The molecule has 1 aromatic heterocycles. The van der Waals surface area contributed by atoms with E-state index in [1.807, 2.05) is 24.0 Å². The normalized spacial score (nSPS) is 11.6. The fourth-order valence-electron chi connectivity index (χ4n) is 1.55. The molecule has 4 heteroatoms. The van der Waals surface area contributed by atoms with Gasteiger partial charge >= 0.3 is 5.97 Å². The van der Waals surface area contributed by atoms with Crippen molar-refractivity contribution in [3.63, 3.8) is 0 Å². The first-order valence-electron chi connectivity index (χ1n) is 5.39. The lowest BCUT2D eigenvalue weighted by molar-refractivity contribution is -0.140. The Balaban J connectivity index is 2.91. The van der Waals surface area contributed by atoms with E-state index in [2.05, 4.69) is 10.9 Å². The van der Waals surface area contributed by atoms with Crippen molar-refractivity contribution in [3.8, 4) is 12.3 Å². The van der Waals surface area contributed by atoms with Crippen molar-refractivity contribution in [3.05, 3.63) is 23.9 Å². The van der Waals surface area contributed by atoms with E-state index in [-0.39, 0.29) is 0 Å². The molecule has 0 saturated heterocycles. The molecule has 90 valence electrons. The van der Waals surface area contributed by atoms with Gasteiger partial charge in [-0.2, -0.15) is 0 Å². The maximum absolute atomic E-state index is 10.9. The van der Waals surface area contributed by atoms with Gasteiger partial charge in [-0.1, -0.05) is 18.9 Å². The van der Waals surface area contributed by atoms with Crippen molar-refractivity contribution in [2.45, 2.75) is 13.8 Å².